The third-order valence-electron chi connectivity index (χ3n) is 4.75. The van der Waals surface area contributed by atoms with Crippen LogP contribution in [0.2, 0.25) is 0 Å². The van der Waals surface area contributed by atoms with Crippen LogP contribution in [0.1, 0.15) is 63.8 Å². The molecule has 30 heavy (non-hydrogen) atoms. The fourth-order valence-corrected chi connectivity index (χ4v) is 3.98. The minimum Gasteiger partial charge on any atom is -0.507 e. The number of allylic oxidation sites excluding steroid dienone is 1. The summed E-state index contributed by atoms with van der Waals surface area (Å²) in [5, 5.41) is 20.4. The highest BCUT2D eigenvalue weighted by molar-refractivity contribution is 7.93. The van der Waals surface area contributed by atoms with E-state index in [1.807, 2.05) is 71.9 Å². The topological polar surface area (TPSA) is 90.2 Å². The Morgan fingerprint density at radius 3 is 1.97 bits per heavy atom. The summed E-state index contributed by atoms with van der Waals surface area (Å²) in [6, 6.07) is 14.4. The molecular weight excluding hydrogens is 396 g/mol. The molecule has 2 N–H and O–H groups in total. The zero-order valence-corrected chi connectivity index (χ0v) is 19.3. The van der Waals surface area contributed by atoms with Crippen molar-refractivity contribution in [1.29, 1.82) is 5.26 Å². The van der Waals surface area contributed by atoms with Crippen molar-refractivity contribution in [3.8, 4) is 11.8 Å². The van der Waals surface area contributed by atoms with Gasteiger partial charge in [0.05, 0.1) is 0 Å². The molecule has 0 aromatic heterocycles. The third kappa shape index (κ3) is 5.71. The quantitative estimate of drug-likeness (QED) is 0.660. The van der Waals surface area contributed by atoms with Crippen LogP contribution in [0, 0.1) is 11.3 Å². The highest BCUT2D eigenvalue weighted by Crippen LogP contribution is 2.40. The van der Waals surface area contributed by atoms with E-state index in [0.717, 1.165) is 5.56 Å². The molecule has 2 rings (SSSR count). The molecule has 0 aliphatic carbocycles. The Kier molecular flexibility index (Phi) is 6.80. The van der Waals surface area contributed by atoms with Gasteiger partial charge in [0.25, 0.3) is 10.0 Å². The second kappa shape index (κ2) is 8.63. The van der Waals surface area contributed by atoms with Gasteiger partial charge in [-0.25, -0.2) is 13.1 Å². The molecule has 0 heterocycles. The summed E-state index contributed by atoms with van der Waals surface area (Å²) in [5.41, 5.74) is 2.05. The molecule has 0 fully saturated rings. The molecule has 0 saturated carbocycles. The number of aromatic hydroxyl groups is 1. The van der Waals surface area contributed by atoms with Crippen molar-refractivity contribution >= 4 is 16.1 Å². The molecule has 0 aliphatic heterocycles. The van der Waals surface area contributed by atoms with E-state index in [0.29, 0.717) is 16.7 Å². The smallest absolute Gasteiger partial charge is 0.251 e. The van der Waals surface area contributed by atoms with Crippen molar-refractivity contribution in [3.05, 3.63) is 69.6 Å². The highest BCUT2D eigenvalue weighted by atomic mass is 32.2. The summed E-state index contributed by atoms with van der Waals surface area (Å²) in [6.45, 7) is 12.0. The number of phenolic OH excluding ortho intramolecular Hbond substituents is 1. The van der Waals surface area contributed by atoms with E-state index in [4.69, 9.17) is 0 Å². The summed E-state index contributed by atoms with van der Waals surface area (Å²) < 4.78 is 27.9. The Balaban J connectivity index is 2.51. The van der Waals surface area contributed by atoms with Gasteiger partial charge in [0.1, 0.15) is 11.8 Å². The SMILES string of the molecule is CC(C)(C)c1cc(C=C(C#N)S(=O)(=O)NCc2ccccc2)cc(C(C)(C)C)c1O. The molecule has 5 nitrogen and oxygen atoms in total. The first kappa shape index (κ1) is 23.7. The molecule has 0 aliphatic rings. The van der Waals surface area contributed by atoms with E-state index >= 15 is 0 Å². The molecule has 0 spiro atoms. The monoisotopic (exact) mass is 426 g/mol. The first-order chi connectivity index (χ1) is 13.8. The lowest BCUT2D eigenvalue weighted by Gasteiger charge is -2.28. The largest absolute Gasteiger partial charge is 0.507 e. The van der Waals surface area contributed by atoms with Crippen molar-refractivity contribution in [2.45, 2.75) is 58.9 Å². The first-order valence-corrected chi connectivity index (χ1v) is 11.3. The predicted molar refractivity (Wildman–Crippen MR) is 121 cm³/mol. The molecule has 0 saturated heterocycles. The molecular formula is C24H30N2O3S. The van der Waals surface area contributed by atoms with Crippen molar-refractivity contribution in [1.82, 2.24) is 4.72 Å². The number of rotatable bonds is 5. The van der Waals surface area contributed by atoms with Crippen LogP contribution in [0.5, 0.6) is 5.75 Å². The molecule has 2 aromatic carbocycles. The number of hydrogen-bond acceptors (Lipinski definition) is 4. The standard InChI is InChI=1S/C24H30N2O3S/c1-23(2,3)20-13-18(14-21(22(20)27)24(4,5)6)12-19(15-25)30(28,29)26-16-17-10-8-7-9-11-17/h7-14,26-27H,16H2,1-6H3. The lowest BCUT2D eigenvalue weighted by Crippen LogP contribution is -2.24. The molecule has 0 unspecified atom stereocenters. The number of nitrogens with one attached hydrogen (secondary N) is 1. The van der Waals surface area contributed by atoms with E-state index in [1.54, 1.807) is 18.2 Å². The van der Waals surface area contributed by atoms with Gasteiger partial charge in [0, 0.05) is 17.7 Å². The normalized spacial score (nSPS) is 13.2. The number of hydrogen-bond donors (Lipinski definition) is 2. The number of nitriles is 1. The fraction of sp³-hybridized carbons (Fsp3) is 0.375. The minimum absolute atomic E-state index is 0.0955. The van der Waals surface area contributed by atoms with Gasteiger partial charge in [-0.15, -0.1) is 0 Å². The maximum Gasteiger partial charge on any atom is 0.251 e. The second-order valence-corrected chi connectivity index (χ2v) is 11.1. The van der Waals surface area contributed by atoms with Gasteiger partial charge >= 0.3 is 0 Å². The highest BCUT2D eigenvalue weighted by Gasteiger charge is 2.27. The van der Waals surface area contributed by atoms with Crippen LogP contribution in [-0.2, 0) is 27.4 Å². The van der Waals surface area contributed by atoms with Crippen LogP contribution >= 0.6 is 0 Å². The van der Waals surface area contributed by atoms with Gasteiger partial charge in [0.15, 0.2) is 4.91 Å². The Bertz CT molecular complexity index is 1050. The average Bonchev–Trinajstić information content (AvgIpc) is 2.64. The van der Waals surface area contributed by atoms with Gasteiger partial charge in [-0.3, -0.25) is 0 Å². The Labute approximate surface area is 180 Å². The van der Waals surface area contributed by atoms with Crippen LogP contribution in [0.4, 0.5) is 0 Å². The number of phenols is 1. The second-order valence-electron chi connectivity index (χ2n) is 9.40. The van der Waals surface area contributed by atoms with E-state index in [1.165, 1.54) is 6.08 Å². The lowest BCUT2D eigenvalue weighted by molar-refractivity contribution is 0.423. The third-order valence-corrected chi connectivity index (χ3v) is 6.07. The minimum atomic E-state index is -3.99. The summed E-state index contributed by atoms with van der Waals surface area (Å²) in [5.74, 6) is 0.204. The van der Waals surface area contributed by atoms with Crippen LogP contribution in [0.3, 0.4) is 0 Å². The Morgan fingerprint density at radius 2 is 1.53 bits per heavy atom. The number of benzene rings is 2. The number of nitrogens with zero attached hydrogens (tertiary/aromatic N) is 1. The summed E-state index contributed by atoms with van der Waals surface area (Å²) in [6.07, 6.45) is 1.36. The van der Waals surface area contributed by atoms with Crippen LogP contribution in [0.25, 0.3) is 6.08 Å². The lowest BCUT2D eigenvalue weighted by atomic mass is 9.78. The van der Waals surface area contributed by atoms with Gasteiger partial charge in [-0.2, -0.15) is 5.26 Å². The molecule has 2 aromatic rings. The summed E-state index contributed by atoms with van der Waals surface area (Å²) in [4.78, 5) is -0.371. The summed E-state index contributed by atoms with van der Waals surface area (Å²) in [7, 11) is -3.99. The Hall–Kier alpha value is -2.62. The fourth-order valence-electron chi connectivity index (χ4n) is 3.06. The van der Waals surface area contributed by atoms with E-state index in [2.05, 4.69) is 4.72 Å². The van der Waals surface area contributed by atoms with Crippen molar-refractivity contribution in [3.63, 3.8) is 0 Å². The number of sulfonamides is 1. The molecule has 0 bridgehead atoms. The van der Waals surface area contributed by atoms with Crippen LogP contribution in [-0.4, -0.2) is 13.5 Å². The van der Waals surface area contributed by atoms with Crippen molar-refractivity contribution in [2.24, 2.45) is 0 Å². The maximum absolute atomic E-state index is 12.7. The molecule has 6 heteroatoms. The predicted octanol–water partition coefficient (Wildman–Crippen LogP) is 4.97. The van der Waals surface area contributed by atoms with E-state index < -0.39 is 10.0 Å². The average molecular weight is 427 g/mol. The van der Waals surface area contributed by atoms with Gasteiger partial charge in [-0.05, 0) is 40.2 Å². The van der Waals surface area contributed by atoms with E-state index in [-0.39, 0.29) is 28.0 Å². The molecule has 160 valence electrons. The maximum atomic E-state index is 12.7. The van der Waals surface area contributed by atoms with E-state index in [9.17, 15) is 18.8 Å². The zero-order chi connectivity index (χ0) is 22.7. The van der Waals surface area contributed by atoms with Gasteiger partial charge in [0.2, 0.25) is 0 Å². The molecule has 0 radical (unpaired) electrons. The van der Waals surface area contributed by atoms with Crippen LogP contribution in [0.15, 0.2) is 47.4 Å². The molecule has 0 atom stereocenters. The summed E-state index contributed by atoms with van der Waals surface area (Å²) >= 11 is 0. The molecule has 0 amide bonds. The first-order valence-electron chi connectivity index (χ1n) is 9.79. The van der Waals surface area contributed by atoms with Crippen LogP contribution < -0.4 is 4.72 Å². The van der Waals surface area contributed by atoms with Gasteiger partial charge < -0.3 is 5.11 Å². The van der Waals surface area contributed by atoms with Crippen molar-refractivity contribution in [2.75, 3.05) is 0 Å². The Morgan fingerprint density at radius 1 is 1.03 bits per heavy atom. The van der Waals surface area contributed by atoms with Gasteiger partial charge in [-0.1, -0.05) is 71.9 Å². The zero-order valence-electron chi connectivity index (χ0n) is 18.4. The van der Waals surface area contributed by atoms with Crippen molar-refractivity contribution < 1.29 is 13.5 Å².